The van der Waals surface area contributed by atoms with Crippen molar-refractivity contribution in [3.05, 3.63) is 59.5 Å². The zero-order chi connectivity index (χ0) is 14.4. The number of nitrogens with zero attached hydrogens (tertiary/aromatic N) is 1. The van der Waals surface area contributed by atoms with Crippen molar-refractivity contribution >= 4 is 5.91 Å². The highest BCUT2D eigenvalue weighted by atomic mass is 16.5. The standard InChI is InChI=1S/C15H14N2O3/c1-19-14(13-3-2-8-20-13)10-17-15(18)12-6-4-11(9-16)5-7-12/h2-8,14H,10H2,1H3,(H,17,18). The van der Waals surface area contributed by atoms with Crippen LogP contribution in [0.4, 0.5) is 0 Å². The van der Waals surface area contributed by atoms with Crippen LogP contribution in [0.5, 0.6) is 0 Å². The molecule has 1 unspecified atom stereocenters. The maximum Gasteiger partial charge on any atom is 0.251 e. The van der Waals surface area contributed by atoms with E-state index in [1.54, 1.807) is 49.8 Å². The molecule has 2 aromatic rings. The van der Waals surface area contributed by atoms with Gasteiger partial charge in [-0.2, -0.15) is 5.26 Å². The van der Waals surface area contributed by atoms with Crippen LogP contribution in [0, 0.1) is 11.3 Å². The molecule has 102 valence electrons. The predicted octanol–water partition coefficient (Wildman–Crippen LogP) is 2.27. The van der Waals surface area contributed by atoms with Crippen molar-refractivity contribution < 1.29 is 13.9 Å². The summed E-state index contributed by atoms with van der Waals surface area (Å²) in [5.41, 5.74) is 1.02. The number of nitriles is 1. The van der Waals surface area contributed by atoms with Crippen molar-refractivity contribution in [3.63, 3.8) is 0 Å². The average Bonchev–Trinajstić information content (AvgIpc) is 3.02. The third-order valence-corrected chi connectivity index (χ3v) is 2.87. The molecule has 0 bridgehead atoms. The lowest BCUT2D eigenvalue weighted by Gasteiger charge is -2.13. The van der Waals surface area contributed by atoms with Gasteiger partial charge in [-0.05, 0) is 36.4 Å². The fraction of sp³-hybridized carbons (Fsp3) is 0.200. The van der Waals surface area contributed by atoms with Gasteiger partial charge in [-0.15, -0.1) is 0 Å². The molecule has 1 aromatic carbocycles. The third kappa shape index (κ3) is 3.25. The van der Waals surface area contributed by atoms with Crippen molar-refractivity contribution in [2.24, 2.45) is 0 Å². The van der Waals surface area contributed by atoms with Crippen LogP contribution in [-0.2, 0) is 4.74 Å². The van der Waals surface area contributed by atoms with Gasteiger partial charge in [-0.25, -0.2) is 0 Å². The normalized spacial score (nSPS) is 11.6. The molecular weight excluding hydrogens is 256 g/mol. The molecule has 1 atom stereocenters. The van der Waals surface area contributed by atoms with Gasteiger partial charge in [-0.1, -0.05) is 0 Å². The Morgan fingerprint density at radius 1 is 1.40 bits per heavy atom. The molecule has 0 saturated heterocycles. The number of hydrogen-bond donors (Lipinski definition) is 1. The number of methoxy groups -OCH3 is 1. The fourth-order valence-electron chi connectivity index (χ4n) is 1.76. The van der Waals surface area contributed by atoms with Crippen LogP contribution in [0.3, 0.4) is 0 Å². The van der Waals surface area contributed by atoms with E-state index in [1.807, 2.05) is 6.07 Å². The van der Waals surface area contributed by atoms with Gasteiger partial charge in [0.05, 0.1) is 24.4 Å². The zero-order valence-electron chi connectivity index (χ0n) is 11.0. The van der Waals surface area contributed by atoms with Gasteiger partial charge in [0.15, 0.2) is 0 Å². The first kappa shape index (κ1) is 13.8. The van der Waals surface area contributed by atoms with Crippen LogP contribution >= 0.6 is 0 Å². The number of ether oxygens (including phenoxy) is 1. The first-order chi connectivity index (χ1) is 9.74. The van der Waals surface area contributed by atoms with E-state index in [0.717, 1.165) is 0 Å². The maximum atomic E-state index is 12.0. The van der Waals surface area contributed by atoms with E-state index in [4.69, 9.17) is 14.4 Å². The number of furan rings is 1. The molecule has 1 amide bonds. The largest absolute Gasteiger partial charge is 0.467 e. The lowest BCUT2D eigenvalue weighted by molar-refractivity contribution is 0.0738. The Kier molecular flexibility index (Phi) is 4.53. The average molecular weight is 270 g/mol. The lowest BCUT2D eigenvalue weighted by atomic mass is 10.1. The molecule has 1 aromatic heterocycles. The van der Waals surface area contributed by atoms with E-state index in [1.165, 1.54) is 0 Å². The zero-order valence-corrected chi connectivity index (χ0v) is 11.0. The highest BCUT2D eigenvalue weighted by Crippen LogP contribution is 2.16. The number of amides is 1. The van der Waals surface area contributed by atoms with E-state index in [9.17, 15) is 4.79 Å². The molecule has 0 radical (unpaired) electrons. The summed E-state index contributed by atoms with van der Waals surface area (Å²) in [6, 6.07) is 12.0. The van der Waals surface area contributed by atoms with Gasteiger partial charge in [-0.3, -0.25) is 4.79 Å². The first-order valence-electron chi connectivity index (χ1n) is 6.09. The summed E-state index contributed by atoms with van der Waals surface area (Å²) in [6.07, 6.45) is 1.23. The van der Waals surface area contributed by atoms with E-state index in [-0.39, 0.29) is 12.0 Å². The number of benzene rings is 1. The SMILES string of the molecule is COC(CNC(=O)c1ccc(C#N)cc1)c1ccco1. The quantitative estimate of drug-likeness (QED) is 0.904. The number of nitrogens with one attached hydrogen (secondary N) is 1. The van der Waals surface area contributed by atoms with Crippen LogP contribution in [0.15, 0.2) is 47.1 Å². The minimum atomic E-state index is -0.327. The molecule has 0 spiro atoms. The Bertz CT molecular complexity index is 597. The van der Waals surface area contributed by atoms with Gasteiger partial charge in [0.1, 0.15) is 11.9 Å². The minimum Gasteiger partial charge on any atom is -0.467 e. The van der Waals surface area contributed by atoms with Crippen molar-refractivity contribution in [1.29, 1.82) is 5.26 Å². The van der Waals surface area contributed by atoms with Gasteiger partial charge in [0.2, 0.25) is 0 Å². The minimum absolute atomic E-state index is 0.219. The summed E-state index contributed by atoms with van der Waals surface area (Å²) in [4.78, 5) is 12.0. The molecular formula is C15H14N2O3. The third-order valence-electron chi connectivity index (χ3n) is 2.87. The second-order valence-corrected chi connectivity index (χ2v) is 4.14. The highest BCUT2D eigenvalue weighted by Gasteiger charge is 2.15. The second kappa shape index (κ2) is 6.55. The molecule has 5 heteroatoms. The molecule has 2 rings (SSSR count). The molecule has 20 heavy (non-hydrogen) atoms. The Morgan fingerprint density at radius 3 is 2.70 bits per heavy atom. The van der Waals surface area contributed by atoms with Crippen LogP contribution in [0.25, 0.3) is 0 Å². The van der Waals surface area contributed by atoms with Crippen LogP contribution in [0.2, 0.25) is 0 Å². The van der Waals surface area contributed by atoms with Crippen molar-refractivity contribution in [1.82, 2.24) is 5.32 Å². The van der Waals surface area contributed by atoms with Gasteiger partial charge < -0.3 is 14.5 Å². The predicted molar refractivity (Wildman–Crippen MR) is 71.9 cm³/mol. The van der Waals surface area contributed by atoms with Crippen LogP contribution in [-0.4, -0.2) is 19.6 Å². The molecule has 0 aliphatic carbocycles. The van der Waals surface area contributed by atoms with Crippen LogP contribution in [0.1, 0.15) is 27.8 Å². The Balaban J connectivity index is 1.95. The number of hydrogen-bond acceptors (Lipinski definition) is 4. The summed E-state index contributed by atoms with van der Waals surface area (Å²) in [5.74, 6) is 0.440. The van der Waals surface area contributed by atoms with E-state index >= 15 is 0 Å². The van der Waals surface area contributed by atoms with E-state index < -0.39 is 0 Å². The monoisotopic (exact) mass is 270 g/mol. The maximum absolute atomic E-state index is 12.0. The number of rotatable bonds is 5. The van der Waals surface area contributed by atoms with Crippen LogP contribution < -0.4 is 5.32 Å². The number of carbonyl (C=O) groups excluding carboxylic acids is 1. The summed E-state index contributed by atoms with van der Waals surface area (Å²) >= 11 is 0. The smallest absolute Gasteiger partial charge is 0.251 e. The number of carbonyl (C=O) groups is 1. The topological polar surface area (TPSA) is 75.3 Å². The molecule has 0 saturated carbocycles. The van der Waals surface area contributed by atoms with E-state index in [0.29, 0.717) is 23.4 Å². The van der Waals surface area contributed by atoms with Gasteiger partial charge >= 0.3 is 0 Å². The van der Waals surface area contributed by atoms with Crippen molar-refractivity contribution in [3.8, 4) is 6.07 Å². The molecule has 0 fully saturated rings. The van der Waals surface area contributed by atoms with E-state index in [2.05, 4.69) is 5.32 Å². The Morgan fingerprint density at radius 2 is 2.15 bits per heavy atom. The van der Waals surface area contributed by atoms with Gasteiger partial charge in [0, 0.05) is 12.7 Å². The lowest BCUT2D eigenvalue weighted by Crippen LogP contribution is -2.28. The van der Waals surface area contributed by atoms with Gasteiger partial charge in [0.25, 0.3) is 5.91 Å². The molecule has 1 heterocycles. The molecule has 5 nitrogen and oxygen atoms in total. The van der Waals surface area contributed by atoms with Crippen molar-refractivity contribution in [2.75, 3.05) is 13.7 Å². The highest BCUT2D eigenvalue weighted by molar-refractivity contribution is 5.94. The molecule has 1 N–H and O–H groups in total. The first-order valence-corrected chi connectivity index (χ1v) is 6.09. The summed E-state index contributed by atoms with van der Waals surface area (Å²) in [7, 11) is 1.56. The summed E-state index contributed by atoms with van der Waals surface area (Å²) in [6.45, 7) is 0.308. The second-order valence-electron chi connectivity index (χ2n) is 4.14. The fourth-order valence-corrected chi connectivity index (χ4v) is 1.76. The molecule has 0 aliphatic heterocycles. The Labute approximate surface area is 116 Å². The summed E-state index contributed by atoms with van der Waals surface area (Å²) < 4.78 is 10.5. The van der Waals surface area contributed by atoms with Crippen molar-refractivity contribution in [2.45, 2.75) is 6.10 Å². The summed E-state index contributed by atoms with van der Waals surface area (Å²) in [5, 5.41) is 11.5. The Hall–Kier alpha value is -2.58. The molecule has 0 aliphatic rings.